The molecule has 0 fully saturated rings. The number of para-hydroxylation sites is 1. The van der Waals surface area contributed by atoms with Crippen molar-refractivity contribution in [3.63, 3.8) is 0 Å². The molecule has 2 aromatic carbocycles. The van der Waals surface area contributed by atoms with Crippen LogP contribution in [0.1, 0.15) is 5.76 Å². The molecule has 0 radical (unpaired) electrons. The Morgan fingerprint density at radius 2 is 1.93 bits per heavy atom. The van der Waals surface area contributed by atoms with Crippen LogP contribution in [0, 0.1) is 12.3 Å². The number of hydrogen-bond acceptors (Lipinski definition) is 7. The van der Waals surface area contributed by atoms with Gasteiger partial charge in [-0.25, -0.2) is 4.98 Å². The summed E-state index contributed by atoms with van der Waals surface area (Å²) in [5.74, 6) is 0.864. The van der Waals surface area contributed by atoms with Gasteiger partial charge in [0.15, 0.2) is 5.43 Å². The molecule has 0 atom stereocenters. The molecule has 0 bridgehead atoms. The normalized spacial score (nSPS) is 11.5. The van der Waals surface area contributed by atoms with Crippen LogP contribution in [0.3, 0.4) is 0 Å². The quantitative estimate of drug-likeness (QED) is 0.445. The van der Waals surface area contributed by atoms with Gasteiger partial charge in [0, 0.05) is 12.1 Å². The first-order valence-electron chi connectivity index (χ1n) is 8.55. The number of aryl methyl sites for hydroxylation is 1. The summed E-state index contributed by atoms with van der Waals surface area (Å²) in [5, 5.41) is 9.97. The number of fused-ring (bicyclic) bond motifs is 3. The van der Waals surface area contributed by atoms with Gasteiger partial charge in [-0.1, -0.05) is 12.1 Å². The molecular formula is C21H14N2O4S. The summed E-state index contributed by atoms with van der Waals surface area (Å²) in [7, 11) is 1.50. The van der Waals surface area contributed by atoms with E-state index in [0.29, 0.717) is 44.0 Å². The van der Waals surface area contributed by atoms with Crippen LogP contribution in [0.2, 0.25) is 0 Å². The van der Waals surface area contributed by atoms with Crippen molar-refractivity contribution < 1.29 is 13.6 Å². The van der Waals surface area contributed by atoms with Crippen LogP contribution in [0.4, 0.5) is 0 Å². The third kappa shape index (κ3) is 2.44. The number of benzene rings is 2. The third-order valence-electron chi connectivity index (χ3n) is 4.57. The Hall–Kier alpha value is -3.45. The van der Waals surface area contributed by atoms with Gasteiger partial charge in [-0.3, -0.25) is 10.2 Å². The minimum absolute atomic E-state index is 0.0111. The van der Waals surface area contributed by atoms with Crippen molar-refractivity contribution in [1.82, 2.24) is 4.98 Å². The highest BCUT2D eigenvalue weighted by Gasteiger charge is 2.18. The first-order chi connectivity index (χ1) is 13.5. The summed E-state index contributed by atoms with van der Waals surface area (Å²) in [6, 6.07) is 12.6. The summed E-state index contributed by atoms with van der Waals surface area (Å²) in [4.78, 5) is 17.2. The number of hydrogen-bond donors (Lipinski definition) is 1. The Bertz CT molecular complexity index is 1480. The molecule has 3 heterocycles. The predicted molar refractivity (Wildman–Crippen MR) is 108 cm³/mol. The van der Waals surface area contributed by atoms with Gasteiger partial charge >= 0.3 is 0 Å². The Morgan fingerprint density at radius 3 is 2.71 bits per heavy atom. The zero-order chi connectivity index (χ0) is 19.4. The van der Waals surface area contributed by atoms with Crippen molar-refractivity contribution in [1.29, 1.82) is 5.41 Å². The monoisotopic (exact) mass is 390 g/mol. The third-order valence-corrected chi connectivity index (χ3v) is 5.64. The summed E-state index contributed by atoms with van der Waals surface area (Å²) >= 11 is 1.48. The second-order valence-electron chi connectivity index (χ2n) is 6.39. The first-order valence-corrected chi connectivity index (χ1v) is 9.36. The lowest BCUT2D eigenvalue weighted by atomic mass is 10.1. The van der Waals surface area contributed by atoms with Crippen LogP contribution in [-0.4, -0.2) is 12.1 Å². The number of nitrogens with one attached hydrogen (secondary N) is 1. The lowest BCUT2D eigenvalue weighted by molar-refractivity contribution is 0.422. The zero-order valence-corrected chi connectivity index (χ0v) is 15.8. The van der Waals surface area contributed by atoms with Crippen LogP contribution in [0.25, 0.3) is 42.7 Å². The van der Waals surface area contributed by atoms with E-state index in [0.717, 1.165) is 10.2 Å². The van der Waals surface area contributed by atoms with Crippen LogP contribution >= 0.6 is 11.3 Å². The first kappa shape index (κ1) is 16.7. The number of aromatic nitrogens is 1. The van der Waals surface area contributed by atoms with Gasteiger partial charge in [0.05, 0.1) is 28.3 Å². The predicted octanol–water partition coefficient (Wildman–Crippen LogP) is 4.61. The van der Waals surface area contributed by atoms with Gasteiger partial charge in [-0.05, 0) is 25.1 Å². The fourth-order valence-corrected chi connectivity index (χ4v) is 4.33. The molecule has 0 unspecified atom stereocenters. The number of thiazole rings is 1. The summed E-state index contributed by atoms with van der Waals surface area (Å²) < 4.78 is 18.0. The summed E-state index contributed by atoms with van der Waals surface area (Å²) in [6.07, 6.45) is 0. The van der Waals surface area contributed by atoms with Crippen LogP contribution < -0.4 is 15.7 Å². The second kappa shape index (κ2) is 6.03. The molecule has 0 aliphatic carbocycles. The molecule has 7 heteroatoms. The fourth-order valence-electron chi connectivity index (χ4n) is 3.36. The molecule has 28 heavy (non-hydrogen) atoms. The van der Waals surface area contributed by atoms with E-state index < -0.39 is 0 Å². The highest BCUT2D eigenvalue weighted by atomic mass is 32.1. The number of methoxy groups -OCH3 is 1. The lowest BCUT2D eigenvalue weighted by Crippen LogP contribution is -2.06. The molecular weight excluding hydrogens is 376 g/mol. The van der Waals surface area contributed by atoms with Crippen LogP contribution in [-0.2, 0) is 0 Å². The van der Waals surface area contributed by atoms with E-state index in [1.807, 2.05) is 24.3 Å². The van der Waals surface area contributed by atoms with E-state index in [2.05, 4.69) is 4.98 Å². The van der Waals surface area contributed by atoms with E-state index >= 15 is 0 Å². The SMILES string of the molecule is COc1c2cc(-c3nc4ccccc4s3)c(=N)oc2cc2oc(C)cc(=O)c12. The van der Waals surface area contributed by atoms with Gasteiger partial charge in [0.2, 0.25) is 5.55 Å². The van der Waals surface area contributed by atoms with E-state index in [1.165, 1.54) is 24.5 Å². The molecule has 5 aromatic rings. The number of ether oxygens (including phenoxy) is 1. The Morgan fingerprint density at radius 1 is 1.11 bits per heavy atom. The van der Waals surface area contributed by atoms with E-state index in [4.69, 9.17) is 19.0 Å². The summed E-state index contributed by atoms with van der Waals surface area (Å²) in [6.45, 7) is 1.71. The molecule has 0 spiro atoms. The van der Waals surface area contributed by atoms with Crippen LogP contribution in [0.5, 0.6) is 5.75 Å². The van der Waals surface area contributed by atoms with Gasteiger partial charge in [-0.2, -0.15) is 0 Å². The second-order valence-corrected chi connectivity index (χ2v) is 7.42. The van der Waals surface area contributed by atoms with Crippen LogP contribution in [0.15, 0.2) is 56.1 Å². The number of nitrogens with zero attached hydrogens (tertiary/aromatic N) is 1. The average Bonchev–Trinajstić information content (AvgIpc) is 3.09. The molecule has 3 aromatic heterocycles. The topological polar surface area (TPSA) is 89.3 Å². The molecule has 6 nitrogen and oxygen atoms in total. The largest absolute Gasteiger partial charge is 0.495 e. The highest BCUT2D eigenvalue weighted by molar-refractivity contribution is 7.21. The molecule has 0 saturated carbocycles. The molecule has 0 aliphatic rings. The van der Waals surface area contributed by atoms with Gasteiger partial charge in [0.1, 0.15) is 33.1 Å². The maximum absolute atomic E-state index is 12.5. The minimum atomic E-state index is -0.186. The zero-order valence-electron chi connectivity index (χ0n) is 15.0. The minimum Gasteiger partial charge on any atom is -0.495 e. The van der Waals surface area contributed by atoms with Crippen molar-refractivity contribution in [2.75, 3.05) is 7.11 Å². The van der Waals surface area contributed by atoms with Gasteiger partial charge < -0.3 is 13.6 Å². The lowest BCUT2D eigenvalue weighted by Gasteiger charge is -2.10. The average molecular weight is 390 g/mol. The Labute approximate surface area is 162 Å². The smallest absolute Gasteiger partial charge is 0.222 e. The van der Waals surface area contributed by atoms with Crippen molar-refractivity contribution in [2.45, 2.75) is 6.92 Å². The maximum Gasteiger partial charge on any atom is 0.222 e. The molecule has 138 valence electrons. The molecule has 5 rings (SSSR count). The molecule has 0 amide bonds. The maximum atomic E-state index is 12.5. The highest BCUT2D eigenvalue weighted by Crippen LogP contribution is 2.36. The molecule has 0 aliphatic heterocycles. The summed E-state index contributed by atoms with van der Waals surface area (Å²) in [5.41, 5.74) is 1.99. The standard InChI is InChI=1S/C21H14N2O4S/c1-10-7-14(24)18-16(26-10)9-15-11(19(18)25-2)8-12(20(22)27-15)21-23-13-5-3-4-6-17(13)28-21/h3-9,22H,1-2H3. The van der Waals surface area contributed by atoms with E-state index in [-0.39, 0.29) is 11.0 Å². The van der Waals surface area contributed by atoms with Crippen molar-refractivity contribution in [3.8, 4) is 16.3 Å². The Kier molecular flexibility index (Phi) is 3.60. The fraction of sp³-hybridized carbons (Fsp3) is 0.0952. The van der Waals surface area contributed by atoms with E-state index in [1.54, 1.807) is 19.1 Å². The van der Waals surface area contributed by atoms with Crippen molar-refractivity contribution >= 4 is 43.5 Å². The molecule has 1 N–H and O–H groups in total. The number of rotatable bonds is 2. The molecule has 0 saturated heterocycles. The van der Waals surface area contributed by atoms with Gasteiger partial charge in [-0.15, -0.1) is 11.3 Å². The van der Waals surface area contributed by atoms with E-state index in [9.17, 15) is 4.79 Å². The van der Waals surface area contributed by atoms with Gasteiger partial charge in [0.25, 0.3) is 0 Å². The Balaban J connectivity index is 1.88. The van der Waals surface area contributed by atoms with Crippen molar-refractivity contribution in [3.05, 3.63) is 64.0 Å². The van der Waals surface area contributed by atoms with Crippen molar-refractivity contribution in [2.24, 2.45) is 0 Å².